The number of nitrogens with two attached hydrogens (primary N) is 1. The van der Waals surface area contributed by atoms with Crippen LogP contribution < -0.4 is 21.7 Å². The summed E-state index contributed by atoms with van der Waals surface area (Å²) in [5.41, 5.74) is 5.60. The van der Waals surface area contributed by atoms with E-state index in [1.54, 1.807) is 32.2 Å². The molecule has 59 heavy (non-hydrogen) atoms. The summed E-state index contributed by atoms with van der Waals surface area (Å²) >= 11 is 1.40. The maximum absolute atomic E-state index is 14.9. The molecule has 0 aromatic heterocycles. The highest BCUT2D eigenvalue weighted by molar-refractivity contribution is 8.03. The number of carbonyl (C=O) groups is 4. The maximum Gasteiger partial charge on any atom is 0.309 e. The number of anilines is 1. The summed E-state index contributed by atoms with van der Waals surface area (Å²) in [5.74, 6) is -1.72. The Balaban J connectivity index is 1.87. The van der Waals surface area contributed by atoms with E-state index in [1.807, 2.05) is 25.8 Å². The molecule has 0 bridgehead atoms. The topological polar surface area (TPSA) is 166 Å². The van der Waals surface area contributed by atoms with Crippen LogP contribution in [0.4, 0.5) is 10.1 Å². The summed E-state index contributed by atoms with van der Waals surface area (Å²) in [4.78, 5) is 58.7. The van der Waals surface area contributed by atoms with Gasteiger partial charge >= 0.3 is 5.97 Å². The normalized spacial score (nSPS) is 19.7. The fourth-order valence-corrected chi connectivity index (χ4v) is 8.96. The van der Waals surface area contributed by atoms with Crippen molar-refractivity contribution in [2.75, 3.05) is 25.9 Å². The summed E-state index contributed by atoms with van der Waals surface area (Å²) < 4.78 is 20.4. The van der Waals surface area contributed by atoms with E-state index in [4.69, 9.17) is 10.5 Å². The van der Waals surface area contributed by atoms with Gasteiger partial charge in [0.05, 0.1) is 22.9 Å². The number of hydrogen-bond acceptors (Lipinski definition) is 9. The van der Waals surface area contributed by atoms with E-state index in [0.717, 1.165) is 57.9 Å². The van der Waals surface area contributed by atoms with Gasteiger partial charge in [0.2, 0.25) is 11.8 Å². The SMILES string of the molecule is C=C(C)O[C@H](C[C@H](C(C)C)N(CCCCCC)C(=O)[C@@H](NC(=O)[C@H]1CCCCN1C)[C@@H](C)CC)C1NC(C(=O)NC(Cc2ccc(F)c(N)c2)CC(C)(C)C(=O)O)=CS1. The van der Waals surface area contributed by atoms with E-state index in [-0.39, 0.29) is 54.3 Å². The molecule has 3 rings (SSSR count). The number of likely N-dealkylation sites (N-methyl/N-ethyl adjacent to an activating group) is 1. The van der Waals surface area contributed by atoms with Gasteiger partial charge in [-0.25, -0.2) is 4.39 Å². The summed E-state index contributed by atoms with van der Waals surface area (Å²) in [6.45, 7) is 20.8. The lowest BCUT2D eigenvalue weighted by Crippen LogP contribution is -2.59. The van der Waals surface area contributed by atoms with E-state index >= 15 is 0 Å². The Morgan fingerprint density at radius 3 is 2.44 bits per heavy atom. The Hall–Kier alpha value is -3.78. The van der Waals surface area contributed by atoms with E-state index in [2.05, 4.69) is 48.2 Å². The molecule has 7 atom stereocenters. The van der Waals surface area contributed by atoms with Crippen LogP contribution in [0.1, 0.15) is 125 Å². The molecule has 1 saturated heterocycles. The zero-order valence-electron chi connectivity index (χ0n) is 37.1. The summed E-state index contributed by atoms with van der Waals surface area (Å²) in [5, 5.41) is 20.8. The minimum Gasteiger partial charge on any atom is -0.493 e. The maximum atomic E-state index is 14.9. The first-order chi connectivity index (χ1) is 27.8. The van der Waals surface area contributed by atoms with Crippen LogP contribution in [0.15, 0.2) is 41.6 Å². The molecule has 6 N–H and O–H groups in total. The van der Waals surface area contributed by atoms with Gasteiger partial charge < -0.3 is 36.4 Å². The Labute approximate surface area is 357 Å². The van der Waals surface area contributed by atoms with Crippen LogP contribution in [0, 0.1) is 23.1 Å². The molecule has 1 fully saturated rings. The van der Waals surface area contributed by atoms with Crippen LogP contribution >= 0.6 is 11.8 Å². The zero-order chi connectivity index (χ0) is 44.0. The third kappa shape index (κ3) is 14.7. The van der Waals surface area contributed by atoms with Crippen LogP contribution in [0.25, 0.3) is 0 Å². The van der Waals surface area contributed by atoms with Crippen molar-refractivity contribution in [1.29, 1.82) is 0 Å². The Morgan fingerprint density at radius 2 is 1.85 bits per heavy atom. The number of benzene rings is 1. The molecule has 332 valence electrons. The van der Waals surface area contributed by atoms with Crippen molar-refractivity contribution in [3.05, 3.63) is 53.0 Å². The Morgan fingerprint density at radius 1 is 1.14 bits per heavy atom. The number of aliphatic carboxylic acids is 1. The van der Waals surface area contributed by atoms with Gasteiger partial charge in [-0.05, 0) is 96.0 Å². The number of likely N-dealkylation sites (tertiary alicyclic amines) is 1. The molecule has 2 unspecified atom stereocenters. The van der Waals surface area contributed by atoms with Crippen LogP contribution in [-0.2, 0) is 30.3 Å². The molecular weight excluding hydrogens is 772 g/mol. The lowest BCUT2D eigenvalue weighted by Gasteiger charge is -2.41. The lowest BCUT2D eigenvalue weighted by molar-refractivity contribution is -0.148. The molecule has 2 heterocycles. The van der Waals surface area contributed by atoms with E-state index in [1.165, 1.54) is 23.9 Å². The first-order valence-corrected chi connectivity index (χ1v) is 22.6. The number of amides is 3. The number of allylic oxidation sites excluding steroid dienone is 1. The molecule has 0 aliphatic carbocycles. The van der Waals surface area contributed by atoms with Gasteiger partial charge in [-0.2, -0.15) is 0 Å². The van der Waals surface area contributed by atoms with Crippen molar-refractivity contribution in [2.45, 2.75) is 162 Å². The number of halogens is 1. The van der Waals surface area contributed by atoms with Crippen LogP contribution in [0.5, 0.6) is 0 Å². The van der Waals surface area contributed by atoms with Gasteiger partial charge in [0.1, 0.15) is 29.0 Å². The molecular formula is C45H73FN6O6S. The summed E-state index contributed by atoms with van der Waals surface area (Å²) in [6, 6.07) is 2.52. The molecule has 2 aliphatic heterocycles. The molecule has 2 aliphatic rings. The molecule has 3 amide bonds. The molecule has 0 radical (unpaired) electrons. The highest BCUT2D eigenvalue weighted by Gasteiger charge is 2.40. The zero-order valence-corrected chi connectivity index (χ0v) is 37.9. The lowest BCUT2D eigenvalue weighted by atomic mass is 9.84. The van der Waals surface area contributed by atoms with E-state index in [9.17, 15) is 28.7 Å². The Bertz CT molecular complexity index is 1620. The number of rotatable bonds is 24. The van der Waals surface area contributed by atoms with Crippen LogP contribution in [0.3, 0.4) is 0 Å². The molecule has 12 nitrogen and oxygen atoms in total. The van der Waals surface area contributed by atoms with Crippen molar-refractivity contribution in [2.24, 2.45) is 17.3 Å². The number of nitrogens with one attached hydrogen (secondary N) is 3. The minimum atomic E-state index is -1.16. The van der Waals surface area contributed by atoms with Gasteiger partial charge in [-0.15, -0.1) is 11.8 Å². The van der Waals surface area contributed by atoms with Gasteiger partial charge in [0.15, 0.2) is 0 Å². The van der Waals surface area contributed by atoms with E-state index in [0.29, 0.717) is 30.0 Å². The van der Waals surface area contributed by atoms with Gasteiger partial charge in [0.25, 0.3) is 5.91 Å². The Kier molecular flexibility index (Phi) is 19.6. The number of unbranched alkanes of at least 4 members (excludes halogenated alkanes) is 3. The van der Waals surface area contributed by atoms with E-state index < -0.39 is 46.7 Å². The number of piperidine rings is 1. The fourth-order valence-electron chi connectivity index (χ4n) is 7.96. The van der Waals surface area contributed by atoms with Crippen LogP contribution in [-0.4, -0.2) is 94.4 Å². The van der Waals surface area contributed by atoms with Crippen LogP contribution in [0.2, 0.25) is 0 Å². The number of hydrogen-bond donors (Lipinski definition) is 5. The minimum absolute atomic E-state index is 0.0265. The second-order valence-corrected chi connectivity index (χ2v) is 18.7. The first-order valence-electron chi connectivity index (χ1n) is 21.6. The number of nitrogen functional groups attached to an aromatic ring is 1. The average Bonchev–Trinajstić information content (AvgIpc) is 3.67. The van der Waals surface area contributed by atoms with Gasteiger partial charge in [0, 0.05) is 30.5 Å². The second-order valence-electron chi connectivity index (χ2n) is 17.7. The third-order valence-corrected chi connectivity index (χ3v) is 12.9. The van der Waals surface area contributed by atoms with Gasteiger partial charge in [-0.3, -0.25) is 24.1 Å². The molecule has 0 spiro atoms. The van der Waals surface area contributed by atoms with Gasteiger partial charge in [-0.1, -0.05) is 79.4 Å². The fraction of sp³-hybridized carbons (Fsp3) is 0.689. The number of ether oxygens (including phenoxy) is 1. The van der Waals surface area contributed by atoms with Crippen molar-refractivity contribution in [1.82, 2.24) is 25.8 Å². The number of thioether (sulfide) groups is 1. The first kappa shape index (κ1) is 49.6. The molecule has 1 aromatic carbocycles. The second kappa shape index (κ2) is 23.3. The quantitative estimate of drug-likeness (QED) is 0.0408. The number of carboxylic acids is 1. The standard InChI is InChI=1S/C45H73FN6O6S/c1-11-13-14-16-22-52(43(55)39(30(7)12-2)50-41(54)36-18-15-17-21-51(36)10)37(28(3)4)25-38(58-29(5)6)42-49-35(27-59-42)40(53)48-32(26-45(8,9)44(56)57)23-31-19-20-33(46)34(47)24-31/h19-20,24,27-28,30,32,36-39,42,49H,5,11-18,21-23,25-26,47H2,1-4,6-10H3,(H,48,53)(H,50,54)(H,56,57)/t30-,32?,36+,37+,38+,39-,42?/m0/s1. The predicted molar refractivity (Wildman–Crippen MR) is 236 cm³/mol. The number of carbonyl (C=O) groups excluding carboxylic acids is 3. The van der Waals surface area contributed by atoms with Crippen molar-refractivity contribution < 1.29 is 33.4 Å². The monoisotopic (exact) mass is 845 g/mol. The van der Waals surface area contributed by atoms with Crippen molar-refractivity contribution >= 4 is 41.1 Å². The predicted octanol–water partition coefficient (Wildman–Crippen LogP) is 7.20. The highest BCUT2D eigenvalue weighted by atomic mass is 32.2. The number of carboxylic acid groups (broad SMARTS) is 1. The molecule has 14 heteroatoms. The van der Waals surface area contributed by atoms with Crippen molar-refractivity contribution in [3.63, 3.8) is 0 Å². The highest BCUT2D eigenvalue weighted by Crippen LogP contribution is 2.32. The number of nitrogens with zero attached hydrogens (tertiary/aromatic N) is 2. The third-order valence-electron chi connectivity index (χ3n) is 11.8. The summed E-state index contributed by atoms with van der Waals surface area (Å²) in [6.07, 6.45) is 7.73. The molecule has 0 saturated carbocycles. The largest absolute Gasteiger partial charge is 0.493 e. The van der Waals surface area contributed by atoms with Crippen molar-refractivity contribution in [3.8, 4) is 0 Å². The molecule has 1 aromatic rings. The summed E-state index contributed by atoms with van der Waals surface area (Å²) in [7, 11) is 1.97. The smallest absolute Gasteiger partial charge is 0.309 e. The average molecular weight is 845 g/mol.